The van der Waals surface area contributed by atoms with Gasteiger partial charge in [-0.1, -0.05) is 37.6 Å². The van der Waals surface area contributed by atoms with Gasteiger partial charge in [0.1, 0.15) is 0 Å². The number of fused-ring (bicyclic) bond motifs is 1. The van der Waals surface area contributed by atoms with E-state index >= 15 is 0 Å². The van der Waals surface area contributed by atoms with Gasteiger partial charge in [0.15, 0.2) is 11.3 Å². The fraction of sp³-hybridized carbons (Fsp3) is 0.222. The van der Waals surface area contributed by atoms with Crippen LogP contribution in [0.3, 0.4) is 0 Å². The quantitative estimate of drug-likeness (QED) is 0.756. The average molecular weight is 381 g/mol. The first-order chi connectivity index (χ1) is 11.4. The predicted molar refractivity (Wildman–Crippen MR) is 101 cm³/mol. The van der Waals surface area contributed by atoms with E-state index in [4.69, 9.17) is 11.6 Å². The Hall–Kier alpha value is -2.24. The smallest absolute Gasteiger partial charge is 0.279 e. The molecule has 0 radical (unpaired) electrons. The van der Waals surface area contributed by atoms with Gasteiger partial charge in [-0.15, -0.1) is 12.4 Å². The molecule has 0 aliphatic carbocycles. The lowest BCUT2D eigenvalue weighted by atomic mass is 10.1. The van der Waals surface area contributed by atoms with Crippen LogP contribution >= 0.6 is 24.0 Å². The Morgan fingerprint density at radius 1 is 1.20 bits per heavy atom. The summed E-state index contributed by atoms with van der Waals surface area (Å²) in [6, 6.07) is 8.49. The molecule has 0 unspecified atom stereocenters. The lowest BCUT2D eigenvalue weighted by Gasteiger charge is -2.16. The van der Waals surface area contributed by atoms with E-state index in [9.17, 15) is 14.7 Å². The van der Waals surface area contributed by atoms with E-state index in [0.717, 1.165) is 11.3 Å². The number of rotatable bonds is 3. The lowest BCUT2D eigenvalue weighted by Crippen LogP contribution is -2.26. The number of benzene rings is 1. The van der Waals surface area contributed by atoms with E-state index in [0.29, 0.717) is 11.6 Å². The van der Waals surface area contributed by atoms with Crippen LogP contribution in [0.1, 0.15) is 31.0 Å². The topological polar surface area (TPSA) is 63.7 Å². The maximum absolute atomic E-state index is 12.8. The minimum atomic E-state index is -0.567. The third kappa shape index (κ3) is 3.57. The van der Waals surface area contributed by atoms with E-state index in [-0.39, 0.29) is 23.8 Å². The Balaban J connectivity index is 0.00000225. The third-order valence-electron chi connectivity index (χ3n) is 3.94. The van der Waals surface area contributed by atoms with Gasteiger partial charge in [0.25, 0.3) is 5.56 Å². The number of aromatic hydroxyl groups is 1. The van der Waals surface area contributed by atoms with Gasteiger partial charge in [0.05, 0.1) is 6.54 Å². The highest BCUT2D eigenvalue weighted by molar-refractivity contribution is 6.30. The van der Waals surface area contributed by atoms with Crippen LogP contribution in [0.5, 0.6) is 5.75 Å². The Bertz CT molecular complexity index is 1040. The van der Waals surface area contributed by atoms with Gasteiger partial charge in [-0.2, -0.15) is 0 Å². The zero-order valence-corrected chi connectivity index (χ0v) is 15.3. The third-order valence-corrected chi connectivity index (χ3v) is 4.17. The Morgan fingerprint density at radius 3 is 2.56 bits per heavy atom. The van der Waals surface area contributed by atoms with Crippen LogP contribution in [-0.4, -0.2) is 14.1 Å². The van der Waals surface area contributed by atoms with Gasteiger partial charge >= 0.3 is 0 Å². The zero-order valence-electron chi connectivity index (χ0n) is 13.8. The van der Waals surface area contributed by atoms with Gasteiger partial charge in [-0.3, -0.25) is 9.59 Å². The van der Waals surface area contributed by atoms with Crippen molar-refractivity contribution >= 4 is 29.5 Å². The molecule has 2 heterocycles. The molecule has 0 spiro atoms. The fourth-order valence-corrected chi connectivity index (χ4v) is 2.95. The molecule has 0 aliphatic heterocycles. The molecular weight excluding hydrogens is 363 g/mol. The van der Waals surface area contributed by atoms with Crippen LogP contribution in [-0.2, 0) is 6.54 Å². The fourth-order valence-electron chi connectivity index (χ4n) is 2.74. The molecule has 25 heavy (non-hydrogen) atoms. The summed E-state index contributed by atoms with van der Waals surface area (Å²) in [5, 5.41) is 10.7. The molecule has 132 valence electrons. The Morgan fingerprint density at radius 2 is 1.92 bits per heavy atom. The Kier molecular flexibility index (Phi) is 5.60. The summed E-state index contributed by atoms with van der Waals surface area (Å²) in [4.78, 5) is 24.5. The van der Waals surface area contributed by atoms with Crippen LogP contribution in [0.15, 0.2) is 52.3 Å². The highest BCUT2D eigenvalue weighted by atomic mass is 35.5. The summed E-state index contributed by atoms with van der Waals surface area (Å²) in [7, 11) is 0. The van der Waals surface area contributed by atoms with Crippen molar-refractivity contribution in [1.29, 1.82) is 0 Å². The number of hydrogen-bond acceptors (Lipinski definition) is 3. The summed E-state index contributed by atoms with van der Waals surface area (Å²) in [6.45, 7) is 4.27. The SMILES string of the molecule is CC(C)c1cn(Cc2cccc(Cl)c2)c(=O)c2c(O)c(=O)ccn12.Cl. The van der Waals surface area contributed by atoms with E-state index in [1.165, 1.54) is 16.8 Å². The van der Waals surface area contributed by atoms with Crippen LogP contribution in [0.2, 0.25) is 5.02 Å². The second-order valence-electron chi connectivity index (χ2n) is 6.02. The first-order valence-corrected chi connectivity index (χ1v) is 7.98. The van der Waals surface area contributed by atoms with Gasteiger partial charge in [-0.05, 0) is 23.6 Å². The van der Waals surface area contributed by atoms with Crippen LogP contribution < -0.4 is 11.0 Å². The highest BCUT2D eigenvalue weighted by Crippen LogP contribution is 2.19. The first kappa shape index (κ1) is 19.1. The molecular formula is C18H18Cl2N2O3. The zero-order chi connectivity index (χ0) is 17.4. The highest BCUT2D eigenvalue weighted by Gasteiger charge is 2.15. The molecule has 1 N–H and O–H groups in total. The summed E-state index contributed by atoms with van der Waals surface area (Å²) in [5.74, 6) is -0.426. The summed E-state index contributed by atoms with van der Waals surface area (Å²) in [5.41, 5.74) is 0.691. The van der Waals surface area contributed by atoms with Crippen molar-refractivity contribution in [3.63, 3.8) is 0 Å². The molecule has 3 aromatic rings. The number of pyridine rings is 1. The van der Waals surface area contributed by atoms with E-state index in [1.54, 1.807) is 22.7 Å². The first-order valence-electron chi connectivity index (χ1n) is 7.60. The van der Waals surface area contributed by atoms with Gasteiger partial charge in [0, 0.05) is 29.2 Å². The standard InChI is InChI=1S/C18H17ClN2O3.ClH/c1-11(2)14-10-20(9-12-4-3-5-13(19)8-12)18(24)16-17(23)15(22)6-7-21(14)16;/h3-8,10-11,23H,9H2,1-2H3;1H. The molecule has 0 atom stereocenters. The monoisotopic (exact) mass is 380 g/mol. The van der Waals surface area contributed by atoms with Crippen molar-refractivity contribution in [1.82, 2.24) is 8.97 Å². The average Bonchev–Trinajstić information content (AvgIpc) is 2.53. The minimum absolute atomic E-state index is 0. The number of hydrogen-bond donors (Lipinski definition) is 1. The summed E-state index contributed by atoms with van der Waals surface area (Å²) >= 11 is 6.00. The maximum atomic E-state index is 12.8. The lowest BCUT2D eigenvalue weighted by molar-refractivity contribution is 0.471. The molecule has 2 aromatic heterocycles. The van der Waals surface area contributed by atoms with Gasteiger partial charge < -0.3 is 14.1 Å². The minimum Gasteiger partial charge on any atom is -0.503 e. The number of halogens is 2. The van der Waals surface area contributed by atoms with Crippen molar-refractivity contribution in [2.75, 3.05) is 0 Å². The predicted octanol–water partition coefficient (Wildman–Crippen LogP) is 3.41. The summed E-state index contributed by atoms with van der Waals surface area (Å²) in [6.07, 6.45) is 3.28. The van der Waals surface area contributed by atoms with Crippen molar-refractivity contribution in [3.8, 4) is 5.75 Å². The second kappa shape index (κ2) is 7.33. The molecule has 0 aliphatic rings. The molecule has 0 amide bonds. The molecule has 0 saturated carbocycles. The van der Waals surface area contributed by atoms with Crippen LogP contribution in [0.25, 0.3) is 5.52 Å². The largest absolute Gasteiger partial charge is 0.503 e. The molecule has 0 saturated heterocycles. The molecule has 0 fully saturated rings. The van der Waals surface area contributed by atoms with E-state index < -0.39 is 16.7 Å². The van der Waals surface area contributed by atoms with Crippen molar-refractivity contribution in [2.45, 2.75) is 26.3 Å². The van der Waals surface area contributed by atoms with Crippen molar-refractivity contribution in [2.24, 2.45) is 0 Å². The number of aromatic nitrogens is 2. The van der Waals surface area contributed by atoms with E-state index in [1.807, 2.05) is 26.0 Å². The van der Waals surface area contributed by atoms with Crippen LogP contribution in [0.4, 0.5) is 0 Å². The van der Waals surface area contributed by atoms with Gasteiger partial charge in [-0.25, -0.2) is 0 Å². The molecule has 1 aromatic carbocycles. The maximum Gasteiger partial charge on any atom is 0.279 e. The molecule has 3 rings (SSSR count). The van der Waals surface area contributed by atoms with Gasteiger partial charge in [0.2, 0.25) is 5.43 Å². The molecule has 0 bridgehead atoms. The normalized spacial score (nSPS) is 10.9. The van der Waals surface area contributed by atoms with Crippen molar-refractivity contribution < 1.29 is 5.11 Å². The van der Waals surface area contributed by atoms with E-state index in [2.05, 4.69) is 0 Å². The number of nitrogens with zero attached hydrogens (tertiary/aromatic N) is 2. The molecule has 7 heteroatoms. The molecule has 5 nitrogen and oxygen atoms in total. The second-order valence-corrected chi connectivity index (χ2v) is 6.46. The Labute approximate surface area is 155 Å². The summed E-state index contributed by atoms with van der Waals surface area (Å²) < 4.78 is 3.08. The van der Waals surface area contributed by atoms with Crippen LogP contribution in [0, 0.1) is 0 Å². The van der Waals surface area contributed by atoms with Crippen molar-refractivity contribution in [3.05, 3.63) is 79.6 Å².